The lowest BCUT2D eigenvalue weighted by Gasteiger charge is -2.28. The quantitative estimate of drug-likeness (QED) is 0.395. The summed E-state index contributed by atoms with van der Waals surface area (Å²) in [5.74, 6) is -1.12. The molecule has 3 heterocycles. The Balaban J connectivity index is 1.67. The van der Waals surface area contributed by atoms with E-state index in [4.69, 9.17) is 16.3 Å². The highest BCUT2D eigenvalue weighted by Gasteiger charge is 2.29. The van der Waals surface area contributed by atoms with Crippen molar-refractivity contribution >= 4 is 41.1 Å². The Morgan fingerprint density at radius 1 is 1.23 bits per heavy atom. The van der Waals surface area contributed by atoms with Gasteiger partial charge in [0, 0.05) is 40.9 Å². The number of halogens is 2. The van der Waals surface area contributed by atoms with E-state index < -0.39 is 17.9 Å². The first kappa shape index (κ1) is 27.7. The van der Waals surface area contributed by atoms with Gasteiger partial charge in [-0.3, -0.25) is 24.4 Å². The van der Waals surface area contributed by atoms with Gasteiger partial charge in [-0.15, -0.1) is 0 Å². The average Bonchev–Trinajstić information content (AvgIpc) is 2.92. The van der Waals surface area contributed by atoms with E-state index in [1.54, 1.807) is 24.1 Å². The number of nitrogens with zero attached hydrogens (tertiary/aromatic N) is 4. The molecule has 0 aliphatic carbocycles. The molecule has 0 saturated heterocycles. The van der Waals surface area contributed by atoms with Crippen LogP contribution in [0.1, 0.15) is 6.42 Å². The van der Waals surface area contributed by atoms with E-state index >= 15 is 0 Å². The first-order chi connectivity index (χ1) is 18.7. The molecule has 39 heavy (non-hydrogen) atoms. The number of esters is 1. The number of rotatable bonds is 8. The summed E-state index contributed by atoms with van der Waals surface area (Å²) in [7, 11) is 2.99. The zero-order valence-electron chi connectivity index (χ0n) is 21.1. The van der Waals surface area contributed by atoms with Crippen LogP contribution < -0.4 is 15.0 Å². The third kappa shape index (κ3) is 6.59. The highest BCUT2D eigenvalue weighted by Crippen LogP contribution is 2.42. The summed E-state index contributed by atoms with van der Waals surface area (Å²) in [4.78, 5) is 47.2. The number of likely N-dealkylation sites (N-methyl/N-ethyl adjacent to an activating group) is 1. The summed E-state index contributed by atoms with van der Waals surface area (Å²) in [6, 6.07) is 7.19. The lowest BCUT2D eigenvalue weighted by molar-refractivity contribution is -0.141. The van der Waals surface area contributed by atoms with Crippen molar-refractivity contribution in [3.63, 3.8) is 0 Å². The van der Waals surface area contributed by atoms with Gasteiger partial charge >= 0.3 is 12.1 Å². The average molecular weight is 558 g/mol. The number of anilines is 2. The van der Waals surface area contributed by atoms with E-state index in [9.17, 15) is 23.9 Å². The number of benzene rings is 1. The number of fused-ring (bicyclic) bond motifs is 1. The molecular weight excluding hydrogens is 533 g/mol. The van der Waals surface area contributed by atoms with Crippen molar-refractivity contribution in [1.29, 1.82) is 0 Å². The molecule has 0 bridgehead atoms. The van der Waals surface area contributed by atoms with E-state index in [0.29, 0.717) is 23.4 Å². The largest absolute Gasteiger partial charge is 0.487 e. The molecule has 0 saturated carbocycles. The normalized spacial score (nSPS) is 12.5. The number of carbonyl (C=O) groups excluding carboxylic acids is 2. The van der Waals surface area contributed by atoms with Crippen LogP contribution in [0.2, 0.25) is 5.02 Å². The van der Waals surface area contributed by atoms with Gasteiger partial charge in [0.05, 0.1) is 37.8 Å². The lowest BCUT2D eigenvalue weighted by Crippen LogP contribution is -2.37. The van der Waals surface area contributed by atoms with E-state index in [1.165, 1.54) is 37.7 Å². The maximum Gasteiger partial charge on any atom is 0.413 e. The standard InChI is InChI=1S/C26H25ClFN5O6/c1-32(14-23(35)38-2)6-5-22(34)30-17-9-15(12-29-13-17)18-11-21(19-10-16(27)3-4-20(19)28)31-25-24(18)39-8-7-33(25)26(36)37/h3-4,9-13H,5-8,14H2,1-2H3,(H,30,34)(H,36,37). The van der Waals surface area contributed by atoms with Crippen molar-refractivity contribution in [2.24, 2.45) is 0 Å². The van der Waals surface area contributed by atoms with Crippen LogP contribution in [0.3, 0.4) is 0 Å². The van der Waals surface area contributed by atoms with Crippen molar-refractivity contribution in [1.82, 2.24) is 14.9 Å². The number of nitrogens with one attached hydrogen (secondary N) is 1. The number of aromatic nitrogens is 2. The fourth-order valence-electron chi connectivity index (χ4n) is 3.96. The summed E-state index contributed by atoms with van der Waals surface area (Å²) >= 11 is 6.09. The van der Waals surface area contributed by atoms with Crippen LogP contribution in [-0.4, -0.2) is 78.3 Å². The molecule has 2 aromatic heterocycles. The smallest absolute Gasteiger partial charge is 0.413 e. The molecule has 0 atom stereocenters. The maximum atomic E-state index is 14.8. The molecule has 3 aromatic rings. The number of carboxylic acid groups (broad SMARTS) is 1. The Labute approximate surface area is 228 Å². The van der Waals surface area contributed by atoms with E-state index in [-0.39, 0.29) is 59.9 Å². The molecule has 2 amide bonds. The first-order valence-electron chi connectivity index (χ1n) is 11.8. The number of amides is 2. The number of carbonyl (C=O) groups is 3. The van der Waals surface area contributed by atoms with Crippen LogP contribution in [0.25, 0.3) is 22.4 Å². The summed E-state index contributed by atoms with van der Waals surface area (Å²) in [5, 5.41) is 12.8. The van der Waals surface area contributed by atoms with Gasteiger partial charge in [0.25, 0.3) is 0 Å². The topological polar surface area (TPSA) is 134 Å². The Bertz CT molecular complexity index is 1420. The summed E-state index contributed by atoms with van der Waals surface area (Å²) in [6.45, 7) is 0.493. The van der Waals surface area contributed by atoms with Crippen LogP contribution in [0.5, 0.6) is 5.75 Å². The number of hydrogen-bond donors (Lipinski definition) is 2. The van der Waals surface area contributed by atoms with E-state index in [0.717, 1.165) is 4.90 Å². The second-order valence-corrected chi connectivity index (χ2v) is 9.13. The molecular formula is C26H25ClFN5O6. The van der Waals surface area contributed by atoms with Crippen molar-refractivity contribution in [2.75, 3.05) is 50.6 Å². The molecule has 1 aromatic carbocycles. The summed E-state index contributed by atoms with van der Waals surface area (Å²) < 4.78 is 25.2. The summed E-state index contributed by atoms with van der Waals surface area (Å²) in [5.41, 5.74) is 1.48. The fraction of sp³-hybridized carbons (Fsp3) is 0.269. The van der Waals surface area contributed by atoms with Crippen LogP contribution in [-0.2, 0) is 14.3 Å². The maximum absolute atomic E-state index is 14.8. The number of pyridine rings is 2. The minimum atomic E-state index is -1.24. The highest BCUT2D eigenvalue weighted by molar-refractivity contribution is 6.30. The van der Waals surface area contributed by atoms with Gasteiger partial charge in [0.15, 0.2) is 11.6 Å². The lowest BCUT2D eigenvalue weighted by atomic mass is 10.0. The van der Waals surface area contributed by atoms with E-state index in [1.807, 2.05) is 0 Å². The van der Waals surface area contributed by atoms with Crippen LogP contribution >= 0.6 is 11.6 Å². The third-order valence-electron chi connectivity index (χ3n) is 5.89. The Morgan fingerprint density at radius 2 is 2.03 bits per heavy atom. The third-order valence-corrected chi connectivity index (χ3v) is 6.12. The Morgan fingerprint density at radius 3 is 2.77 bits per heavy atom. The first-order valence-corrected chi connectivity index (χ1v) is 12.2. The second kappa shape index (κ2) is 12.0. The van der Waals surface area contributed by atoms with Gasteiger partial charge in [-0.05, 0) is 37.4 Å². The Kier molecular flexibility index (Phi) is 8.57. The van der Waals surface area contributed by atoms with E-state index in [2.05, 4.69) is 20.0 Å². The van der Waals surface area contributed by atoms with Gasteiger partial charge in [-0.25, -0.2) is 14.2 Å². The SMILES string of the molecule is COC(=O)CN(C)CCC(=O)Nc1cncc(-c2cc(-c3cc(Cl)ccc3F)nc3c2OCCN3C(=O)O)c1. The minimum Gasteiger partial charge on any atom is -0.487 e. The van der Waals surface area contributed by atoms with Gasteiger partial charge in [0.1, 0.15) is 12.4 Å². The minimum absolute atomic E-state index is 0.00343. The molecule has 13 heteroatoms. The Hall–Kier alpha value is -4.29. The molecule has 1 aliphatic rings. The zero-order valence-corrected chi connectivity index (χ0v) is 21.9. The monoisotopic (exact) mass is 557 g/mol. The summed E-state index contributed by atoms with van der Waals surface area (Å²) in [6.07, 6.45) is 1.83. The number of ether oxygens (including phenoxy) is 2. The molecule has 0 radical (unpaired) electrons. The number of hydrogen-bond acceptors (Lipinski definition) is 8. The van der Waals surface area contributed by atoms with Gasteiger partial charge in [-0.1, -0.05) is 11.6 Å². The number of methoxy groups -OCH3 is 1. The molecule has 0 spiro atoms. The van der Waals surface area contributed by atoms with Crippen molar-refractivity contribution in [3.05, 3.63) is 53.6 Å². The molecule has 204 valence electrons. The van der Waals surface area contributed by atoms with Crippen molar-refractivity contribution in [3.8, 4) is 28.1 Å². The van der Waals surface area contributed by atoms with Gasteiger partial charge < -0.3 is 19.9 Å². The molecule has 1 aliphatic heterocycles. The van der Waals surface area contributed by atoms with Crippen LogP contribution in [0, 0.1) is 5.82 Å². The van der Waals surface area contributed by atoms with Gasteiger partial charge in [0.2, 0.25) is 5.91 Å². The zero-order chi connectivity index (χ0) is 28.1. The molecule has 2 N–H and O–H groups in total. The van der Waals surface area contributed by atoms with Crippen LogP contribution in [0.15, 0.2) is 42.7 Å². The highest BCUT2D eigenvalue weighted by atomic mass is 35.5. The van der Waals surface area contributed by atoms with Crippen molar-refractivity contribution < 1.29 is 33.4 Å². The molecule has 11 nitrogen and oxygen atoms in total. The predicted molar refractivity (Wildman–Crippen MR) is 141 cm³/mol. The predicted octanol–water partition coefficient (Wildman–Crippen LogP) is 3.91. The molecule has 0 unspecified atom stereocenters. The van der Waals surface area contributed by atoms with Crippen LogP contribution in [0.4, 0.5) is 20.7 Å². The van der Waals surface area contributed by atoms with Crippen molar-refractivity contribution in [2.45, 2.75) is 6.42 Å². The second-order valence-electron chi connectivity index (χ2n) is 8.69. The fourth-order valence-corrected chi connectivity index (χ4v) is 4.13. The molecule has 0 fully saturated rings. The van der Waals surface area contributed by atoms with Gasteiger partial charge in [-0.2, -0.15) is 0 Å². The molecule has 4 rings (SSSR count).